The second-order valence-electron chi connectivity index (χ2n) is 2.57. The number of rotatable bonds is 1. The quantitative estimate of drug-likeness (QED) is 0.587. The van der Waals surface area contributed by atoms with E-state index in [1.165, 1.54) is 19.2 Å². The number of carbonyl (C=O) groups excluding carboxylic acids is 1. The average molecular weight is 294 g/mol. The van der Waals surface area contributed by atoms with Crippen LogP contribution in [0.15, 0.2) is 12.1 Å². The molecule has 0 heterocycles. The predicted molar refractivity (Wildman–Crippen MR) is 55.2 cm³/mol. The molecule has 0 N–H and O–H groups in total. The van der Waals surface area contributed by atoms with Gasteiger partial charge in [-0.1, -0.05) is 0 Å². The maximum Gasteiger partial charge on any atom is 0.340 e. The summed E-state index contributed by atoms with van der Waals surface area (Å²) in [6.45, 7) is 1.78. The lowest BCUT2D eigenvalue weighted by Crippen LogP contribution is -2.05. The number of methoxy groups -OCH3 is 1. The van der Waals surface area contributed by atoms with Crippen molar-refractivity contribution in [3.63, 3.8) is 0 Å². The number of hydrogen-bond donors (Lipinski definition) is 0. The molecule has 0 aliphatic carbocycles. The van der Waals surface area contributed by atoms with Crippen LogP contribution in [-0.2, 0) is 4.74 Å². The largest absolute Gasteiger partial charge is 0.465 e. The maximum absolute atomic E-state index is 13.2. The SMILES string of the molecule is COC(=O)c1cc(I)c(C)cc1F. The van der Waals surface area contributed by atoms with Crippen LogP contribution < -0.4 is 0 Å². The van der Waals surface area contributed by atoms with Gasteiger partial charge < -0.3 is 4.74 Å². The minimum atomic E-state index is -0.643. The van der Waals surface area contributed by atoms with E-state index in [1.807, 2.05) is 22.6 Å². The summed E-state index contributed by atoms with van der Waals surface area (Å²) in [4.78, 5) is 11.0. The van der Waals surface area contributed by atoms with Crippen LogP contribution in [0.2, 0.25) is 0 Å². The van der Waals surface area contributed by atoms with E-state index >= 15 is 0 Å². The molecule has 0 spiro atoms. The Labute approximate surface area is 89.2 Å². The Morgan fingerprint density at radius 2 is 2.15 bits per heavy atom. The van der Waals surface area contributed by atoms with Crippen LogP contribution in [-0.4, -0.2) is 13.1 Å². The summed E-state index contributed by atoms with van der Waals surface area (Å²) < 4.78 is 18.4. The fraction of sp³-hybridized carbons (Fsp3) is 0.222. The normalized spacial score (nSPS) is 9.85. The van der Waals surface area contributed by atoms with Gasteiger partial charge in [0.25, 0.3) is 0 Å². The Balaban J connectivity index is 3.23. The summed E-state index contributed by atoms with van der Waals surface area (Å²) in [6.07, 6.45) is 0. The van der Waals surface area contributed by atoms with Crippen LogP contribution in [0.4, 0.5) is 4.39 Å². The van der Waals surface area contributed by atoms with Crippen LogP contribution in [0, 0.1) is 16.3 Å². The molecule has 0 bridgehead atoms. The van der Waals surface area contributed by atoms with Crippen molar-refractivity contribution in [2.45, 2.75) is 6.92 Å². The van der Waals surface area contributed by atoms with Gasteiger partial charge in [0.05, 0.1) is 12.7 Å². The van der Waals surface area contributed by atoms with Gasteiger partial charge in [0.1, 0.15) is 5.82 Å². The van der Waals surface area contributed by atoms with Gasteiger partial charge in [-0.2, -0.15) is 0 Å². The Bertz CT molecular complexity index is 350. The molecule has 0 saturated carbocycles. The Hall–Kier alpha value is -0.650. The zero-order chi connectivity index (χ0) is 10.0. The minimum absolute atomic E-state index is 0.0162. The number of carbonyl (C=O) groups is 1. The van der Waals surface area contributed by atoms with Crippen LogP contribution in [0.3, 0.4) is 0 Å². The molecular formula is C9H8FIO2. The molecule has 1 rings (SSSR count). The first-order valence-electron chi connectivity index (χ1n) is 3.60. The molecule has 0 aliphatic rings. The summed E-state index contributed by atoms with van der Waals surface area (Å²) in [6, 6.07) is 2.81. The van der Waals surface area contributed by atoms with Crippen molar-refractivity contribution in [1.29, 1.82) is 0 Å². The summed E-state index contributed by atoms with van der Waals surface area (Å²) in [7, 11) is 1.23. The summed E-state index contributed by atoms with van der Waals surface area (Å²) in [5, 5.41) is 0. The Kier molecular flexibility index (Phi) is 3.24. The van der Waals surface area contributed by atoms with Gasteiger partial charge in [-0.05, 0) is 47.2 Å². The topological polar surface area (TPSA) is 26.3 Å². The third kappa shape index (κ3) is 2.18. The molecule has 0 radical (unpaired) electrons. The second kappa shape index (κ2) is 4.04. The number of benzene rings is 1. The predicted octanol–water partition coefficient (Wildman–Crippen LogP) is 2.53. The molecule has 13 heavy (non-hydrogen) atoms. The summed E-state index contributed by atoms with van der Waals surface area (Å²) in [5.41, 5.74) is 0.795. The van der Waals surface area contributed by atoms with Gasteiger partial charge in [0, 0.05) is 3.57 Å². The van der Waals surface area contributed by atoms with Crippen molar-refractivity contribution in [3.05, 3.63) is 32.6 Å². The third-order valence-electron chi connectivity index (χ3n) is 1.65. The number of halogens is 2. The van der Waals surface area contributed by atoms with Gasteiger partial charge in [-0.3, -0.25) is 0 Å². The number of esters is 1. The first kappa shape index (κ1) is 10.4. The van der Waals surface area contributed by atoms with Gasteiger partial charge in [0.15, 0.2) is 0 Å². The molecular weight excluding hydrogens is 286 g/mol. The van der Waals surface area contributed by atoms with E-state index in [-0.39, 0.29) is 5.56 Å². The highest BCUT2D eigenvalue weighted by Gasteiger charge is 2.13. The molecule has 2 nitrogen and oxygen atoms in total. The molecule has 70 valence electrons. The molecule has 1 aromatic carbocycles. The Morgan fingerprint density at radius 3 is 2.69 bits per heavy atom. The van der Waals surface area contributed by atoms with Gasteiger partial charge in [0.2, 0.25) is 0 Å². The van der Waals surface area contributed by atoms with E-state index in [2.05, 4.69) is 4.74 Å². The van der Waals surface area contributed by atoms with Crippen molar-refractivity contribution < 1.29 is 13.9 Å². The van der Waals surface area contributed by atoms with Crippen molar-refractivity contribution >= 4 is 28.6 Å². The van der Waals surface area contributed by atoms with E-state index < -0.39 is 11.8 Å². The zero-order valence-electron chi connectivity index (χ0n) is 7.23. The van der Waals surface area contributed by atoms with E-state index in [4.69, 9.17) is 0 Å². The van der Waals surface area contributed by atoms with Crippen molar-refractivity contribution in [3.8, 4) is 0 Å². The number of aryl methyl sites for hydroxylation is 1. The second-order valence-corrected chi connectivity index (χ2v) is 3.74. The highest BCUT2D eigenvalue weighted by Crippen LogP contribution is 2.17. The average Bonchev–Trinajstić information content (AvgIpc) is 2.10. The molecule has 0 amide bonds. The summed E-state index contributed by atoms with van der Waals surface area (Å²) in [5.74, 6) is -1.18. The monoisotopic (exact) mass is 294 g/mol. The third-order valence-corrected chi connectivity index (χ3v) is 2.82. The van der Waals surface area contributed by atoms with Crippen molar-refractivity contribution in [1.82, 2.24) is 0 Å². The highest BCUT2D eigenvalue weighted by molar-refractivity contribution is 14.1. The molecule has 0 atom stereocenters. The lowest BCUT2D eigenvalue weighted by Gasteiger charge is -2.03. The van der Waals surface area contributed by atoms with Gasteiger partial charge >= 0.3 is 5.97 Å². The zero-order valence-corrected chi connectivity index (χ0v) is 9.38. The highest BCUT2D eigenvalue weighted by atomic mass is 127. The standard InChI is InChI=1S/C9H8FIO2/c1-5-3-7(10)6(4-8(5)11)9(12)13-2/h3-4H,1-2H3. The molecule has 0 aliphatic heterocycles. The number of ether oxygens (including phenoxy) is 1. The van der Waals surface area contributed by atoms with Crippen molar-refractivity contribution in [2.75, 3.05) is 7.11 Å². The van der Waals surface area contributed by atoms with Crippen LogP contribution in [0.1, 0.15) is 15.9 Å². The fourth-order valence-electron chi connectivity index (χ4n) is 0.913. The lowest BCUT2D eigenvalue weighted by atomic mass is 10.1. The van der Waals surface area contributed by atoms with E-state index in [9.17, 15) is 9.18 Å². The smallest absolute Gasteiger partial charge is 0.340 e. The molecule has 1 aromatic rings. The van der Waals surface area contributed by atoms with Crippen LogP contribution >= 0.6 is 22.6 Å². The van der Waals surface area contributed by atoms with Crippen LogP contribution in [0.25, 0.3) is 0 Å². The maximum atomic E-state index is 13.2. The van der Waals surface area contributed by atoms with E-state index in [1.54, 1.807) is 6.92 Å². The van der Waals surface area contributed by atoms with Crippen molar-refractivity contribution in [2.24, 2.45) is 0 Å². The molecule has 0 unspecified atom stereocenters. The first-order chi connectivity index (χ1) is 6.06. The first-order valence-corrected chi connectivity index (χ1v) is 4.68. The van der Waals surface area contributed by atoms with Gasteiger partial charge in [-0.15, -0.1) is 0 Å². The van der Waals surface area contributed by atoms with Gasteiger partial charge in [-0.25, -0.2) is 9.18 Å². The van der Waals surface area contributed by atoms with Crippen LogP contribution in [0.5, 0.6) is 0 Å². The van der Waals surface area contributed by atoms with E-state index in [0.717, 1.165) is 9.13 Å². The summed E-state index contributed by atoms with van der Waals surface area (Å²) >= 11 is 2.04. The number of hydrogen-bond acceptors (Lipinski definition) is 2. The fourth-order valence-corrected chi connectivity index (χ4v) is 1.38. The van der Waals surface area contributed by atoms with E-state index in [0.29, 0.717) is 0 Å². The molecule has 4 heteroatoms. The molecule has 0 aromatic heterocycles. The molecule has 0 fully saturated rings. The lowest BCUT2D eigenvalue weighted by molar-refractivity contribution is 0.0595. The Morgan fingerprint density at radius 1 is 1.54 bits per heavy atom. The molecule has 0 saturated heterocycles. The minimum Gasteiger partial charge on any atom is -0.465 e.